The van der Waals surface area contributed by atoms with Gasteiger partial charge in [0, 0.05) is 6.42 Å². The number of rotatable bonds is 7. The fourth-order valence-corrected chi connectivity index (χ4v) is 4.16. The van der Waals surface area contributed by atoms with Gasteiger partial charge < -0.3 is 4.52 Å². The van der Waals surface area contributed by atoms with E-state index in [4.69, 9.17) is 9.51 Å². The van der Waals surface area contributed by atoms with Crippen LogP contribution in [0.25, 0.3) is 10.9 Å². The highest BCUT2D eigenvalue weighted by Crippen LogP contribution is 2.26. The van der Waals surface area contributed by atoms with Crippen molar-refractivity contribution in [1.82, 2.24) is 19.7 Å². The van der Waals surface area contributed by atoms with Crippen LogP contribution in [-0.2, 0) is 12.2 Å². The molecule has 0 aliphatic carbocycles. The van der Waals surface area contributed by atoms with Gasteiger partial charge in [0.15, 0.2) is 11.0 Å². The van der Waals surface area contributed by atoms with Crippen LogP contribution < -0.4 is 5.56 Å². The van der Waals surface area contributed by atoms with Crippen molar-refractivity contribution in [2.45, 2.75) is 43.6 Å². The summed E-state index contributed by atoms with van der Waals surface area (Å²) in [6.45, 7) is 4.09. The molecule has 4 rings (SSSR count). The Kier molecular flexibility index (Phi) is 5.76. The molecule has 0 amide bonds. The van der Waals surface area contributed by atoms with Crippen LogP contribution in [0.2, 0.25) is 0 Å². The molecule has 0 radical (unpaired) electrons. The zero-order valence-corrected chi connectivity index (χ0v) is 17.2. The first-order valence-electron chi connectivity index (χ1n) is 9.68. The number of thioether (sulfide) groups is 1. The van der Waals surface area contributed by atoms with Crippen molar-refractivity contribution in [3.8, 4) is 0 Å². The second kappa shape index (κ2) is 8.61. The molecule has 7 heteroatoms. The minimum atomic E-state index is -0.151. The average Bonchev–Trinajstić information content (AvgIpc) is 3.20. The molecule has 29 heavy (non-hydrogen) atoms. The van der Waals surface area contributed by atoms with Gasteiger partial charge in [0.2, 0.25) is 5.89 Å². The predicted octanol–water partition coefficient (Wildman–Crippen LogP) is 4.63. The normalized spacial score (nSPS) is 12.3. The van der Waals surface area contributed by atoms with Crippen LogP contribution in [0.5, 0.6) is 0 Å². The number of para-hydroxylation sites is 1. The van der Waals surface area contributed by atoms with Gasteiger partial charge in [-0.1, -0.05) is 66.3 Å². The first-order chi connectivity index (χ1) is 14.2. The summed E-state index contributed by atoms with van der Waals surface area (Å²) in [5, 5.41) is 5.26. The fourth-order valence-electron chi connectivity index (χ4n) is 3.25. The third-order valence-corrected chi connectivity index (χ3v) is 5.69. The molecule has 2 heterocycles. The number of hydrogen-bond donors (Lipinski definition) is 0. The highest BCUT2D eigenvalue weighted by Gasteiger charge is 2.19. The molecule has 0 spiro atoms. The lowest BCUT2D eigenvalue weighted by Crippen LogP contribution is -2.27. The number of benzene rings is 2. The molecule has 148 valence electrons. The third-order valence-electron chi connectivity index (χ3n) is 4.75. The molecule has 6 nitrogen and oxygen atoms in total. The molecule has 0 N–H and O–H groups in total. The lowest BCUT2D eigenvalue weighted by atomic mass is 10.1. The lowest BCUT2D eigenvalue weighted by Gasteiger charge is -2.19. The molecule has 2 aromatic carbocycles. The van der Waals surface area contributed by atoms with Crippen LogP contribution in [0, 0.1) is 0 Å². The Balaban J connectivity index is 1.73. The number of hydrogen-bond acceptors (Lipinski definition) is 6. The van der Waals surface area contributed by atoms with Crippen LogP contribution >= 0.6 is 11.8 Å². The topological polar surface area (TPSA) is 73.8 Å². The SMILES string of the molecule is CCCc1noc(CSc2nc3ccccc3c(=O)n2[C@H](C)c2ccccc2)n1. The van der Waals surface area contributed by atoms with E-state index in [-0.39, 0.29) is 11.6 Å². The second-order valence-electron chi connectivity index (χ2n) is 6.82. The minimum Gasteiger partial charge on any atom is -0.338 e. The fraction of sp³-hybridized carbons (Fsp3) is 0.273. The van der Waals surface area contributed by atoms with Gasteiger partial charge in [-0.05, 0) is 31.0 Å². The molecule has 0 fully saturated rings. The van der Waals surface area contributed by atoms with Gasteiger partial charge in [-0.3, -0.25) is 9.36 Å². The monoisotopic (exact) mass is 406 g/mol. The van der Waals surface area contributed by atoms with Crippen molar-refractivity contribution in [2.75, 3.05) is 0 Å². The molecular weight excluding hydrogens is 384 g/mol. The molecule has 2 aromatic heterocycles. The Morgan fingerprint density at radius 2 is 1.83 bits per heavy atom. The van der Waals surface area contributed by atoms with Crippen LogP contribution in [0.3, 0.4) is 0 Å². The molecule has 4 aromatic rings. The predicted molar refractivity (Wildman–Crippen MR) is 114 cm³/mol. The third kappa shape index (κ3) is 4.10. The first-order valence-corrected chi connectivity index (χ1v) is 10.7. The minimum absolute atomic E-state index is 0.0494. The van der Waals surface area contributed by atoms with E-state index in [0.717, 1.165) is 18.4 Å². The van der Waals surface area contributed by atoms with Gasteiger partial charge in [-0.2, -0.15) is 4.98 Å². The number of aromatic nitrogens is 4. The van der Waals surface area contributed by atoms with E-state index in [2.05, 4.69) is 17.1 Å². The average molecular weight is 407 g/mol. The van der Waals surface area contributed by atoms with Crippen molar-refractivity contribution >= 4 is 22.7 Å². The Labute approximate surface area is 173 Å². The van der Waals surface area contributed by atoms with Crippen LogP contribution in [0.15, 0.2) is 69.1 Å². The molecular formula is C22H22N4O2S. The van der Waals surface area contributed by atoms with E-state index in [1.54, 1.807) is 4.57 Å². The maximum Gasteiger partial charge on any atom is 0.262 e. The van der Waals surface area contributed by atoms with Crippen molar-refractivity contribution < 1.29 is 4.52 Å². The van der Waals surface area contributed by atoms with Crippen LogP contribution in [0.4, 0.5) is 0 Å². The number of fused-ring (bicyclic) bond motifs is 1. The van der Waals surface area contributed by atoms with Gasteiger partial charge >= 0.3 is 0 Å². The smallest absolute Gasteiger partial charge is 0.262 e. The summed E-state index contributed by atoms with van der Waals surface area (Å²) in [5.41, 5.74) is 1.69. The summed E-state index contributed by atoms with van der Waals surface area (Å²) in [4.78, 5) is 22.5. The van der Waals surface area contributed by atoms with Gasteiger partial charge in [0.25, 0.3) is 5.56 Å². The van der Waals surface area contributed by atoms with Crippen molar-refractivity contribution in [3.63, 3.8) is 0 Å². The zero-order chi connectivity index (χ0) is 20.2. The van der Waals surface area contributed by atoms with E-state index in [1.807, 2.05) is 61.5 Å². The van der Waals surface area contributed by atoms with Gasteiger partial charge in [0.1, 0.15) is 0 Å². The molecule has 1 atom stereocenters. The maximum absolute atomic E-state index is 13.3. The molecule has 0 aliphatic heterocycles. The van der Waals surface area contributed by atoms with E-state index >= 15 is 0 Å². The summed E-state index contributed by atoms with van der Waals surface area (Å²) in [6, 6.07) is 17.3. The first kappa shape index (κ1) is 19.4. The summed E-state index contributed by atoms with van der Waals surface area (Å²) in [5.74, 6) is 1.72. The molecule has 0 saturated carbocycles. The van der Waals surface area contributed by atoms with Crippen molar-refractivity contribution in [3.05, 3.63) is 82.2 Å². The summed E-state index contributed by atoms with van der Waals surface area (Å²) in [7, 11) is 0. The number of nitrogens with zero attached hydrogens (tertiary/aromatic N) is 4. The standard InChI is InChI=1S/C22H22N4O2S/c1-3-9-19-24-20(28-25-19)14-29-22-23-18-13-8-7-12-17(18)21(27)26(22)15(2)16-10-5-4-6-11-16/h4-8,10-13,15H,3,9,14H2,1-2H3/t15-/m1/s1. The Morgan fingerprint density at radius 3 is 2.62 bits per heavy atom. The molecule has 0 aliphatic rings. The van der Waals surface area contributed by atoms with Gasteiger partial charge in [-0.15, -0.1) is 0 Å². The zero-order valence-electron chi connectivity index (χ0n) is 16.4. The number of aryl methyl sites for hydroxylation is 1. The summed E-state index contributed by atoms with van der Waals surface area (Å²) >= 11 is 1.44. The highest BCUT2D eigenvalue weighted by atomic mass is 32.2. The van der Waals surface area contributed by atoms with Crippen LogP contribution in [0.1, 0.15) is 43.6 Å². The van der Waals surface area contributed by atoms with E-state index in [0.29, 0.717) is 33.5 Å². The molecule has 0 saturated heterocycles. The van der Waals surface area contributed by atoms with Crippen LogP contribution in [-0.4, -0.2) is 19.7 Å². The van der Waals surface area contributed by atoms with E-state index in [1.165, 1.54) is 11.8 Å². The molecule has 0 bridgehead atoms. The van der Waals surface area contributed by atoms with Gasteiger partial charge in [-0.25, -0.2) is 4.98 Å². The Morgan fingerprint density at radius 1 is 1.07 bits per heavy atom. The van der Waals surface area contributed by atoms with Crippen molar-refractivity contribution in [2.24, 2.45) is 0 Å². The molecule has 0 unspecified atom stereocenters. The highest BCUT2D eigenvalue weighted by molar-refractivity contribution is 7.98. The Bertz CT molecular complexity index is 1170. The van der Waals surface area contributed by atoms with E-state index < -0.39 is 0 Å². The second-order valence-corrected chi connectivity index (χ2v) is 7.76. The Hall–Kier alpha value is -2.93. The summed E-state index contributed by atoms with van der Waals surface area (Å²) < 4.78 is 7.10. The maximum atomic E-state index is 13.3. The largest absolute Gasteiger partial charge is 0.338 e. The van der Waals surface area contributed by atoms with Crippen molar-refractivity contribution in [1.29, 1.82) is 0 Å². The summed E-state index contributed by atoms with van der Waals surface area (Å²) in [6.07, 6.45) is 1.75. The van der Waals surface area contributed by atoms with Gasteiger partial charge in [0.05, 0.1) is 22.7 Å². The van der Waals surface area contributed by atoms with E-state index in [9.17, 15) is 4.79 Å². The quantitative estimate of drug-likeness (QED) is 0.329. The lowest BCUT2D eigenvalue weighted by molar-refractivity contribution is 0.384.